The van der Waals surface area contributed by atoms with Crippen LogP contribution in [-0.2, 0) is 13.0 Å². The fraction of sp³-hybridized carbons (Fsp3) is 0.250. The minimum atomic E-state index is 0.0646. The Morgan fingerprint density at radius 1 is 1.19 bits per heavy atom. The molecule has 0 amide bonds. The van der Waals surface area contributed by atoms with Crippen molar-refractivity contribution in [3.8, 4) is 11.4 Å². The number of aromatic amines is 1. The molecule has 0 fully saturated rings. The molecule has 1 aliphatic rings. The Morgan fingerprint density at radius 3 is 3.00 bits per heavy atom. The molecule has 0 radical (unpaired) electrons. The van der Waals surface area contributed by atoms with Gasteiger partial charge in [0.2, 0.25) is 11.7 Å². The molecular weight excluding hydrogens is 326 g/mol. The normalized spacial score (nSPS) is 15.9. The number of hydrogen-bond donors (Lipinski definition) is 1. The Balaban J connectivity index is 1.42. The lowest BCUT2D eigenvalue weighted by Crippen LogP contribution is -2.32. The summed E-state index contributed by atoms with van der Waals surface area (Å²) >= 11 is 0. The highest BCUT2D eigenvalue weighted by atomic mass is 16.5. The van der Waals surface area contributed by atoms with E-state index in [2.05, 4.69) is 56.2 Å². The Labute approximate surface area is 150 Å². The molecule has 4 heterocycles. The number of para-hydroxylation sites is 1. The summed E-state index contributed by atoms with van der Waals surface area (Å²) in [7, 11) is 0. The van der Waals surface area contributed by atoms with E-state index >= 15 is 0 Å². The van der Waals surface area contributed by atoms with Crippen LogP contribution < -0.4 is 0 Å². The van der Waals surface area contributed by atoms with Crippen molar-refractivity contribution in [1.29, 1.82) is 0 Å². The average Bonchev–Trinajstić information content (AvgIpc) is 3.33. The SMILES string of the molecule is CC(c1nc(-c2cccnc2)no1)N1CCc2[nH]c3ccccc3c2C1. The second-order valence-electron chi connectivity index (χ2n) is 6.72. The maximum absolute atomic E-state index is 5.55. The fourth-order valence-electron chi connectivity index (χ4n) is 3.69. The summed E-state index contributed by atoms with van der Waals surface area (Å²) in [6.07, 6.45) is 4.48. The molecule has 1 aliphatic heterocycles. The van der Waals surface area contributed by atoms with Crippen LogP contribution in [0.3, 0.4) is 0 Å². The van der Waals surface area contributed by atoms with E-state index in [1.807, 2.05) is 12.1 Å². The molecule has 0 spiro atoms. The molecule has 6 heteroatoms. The number of rotatable bonds is 3. The van der Waals surface area contributed by atoms with Crippen molar-refractivity contribution < 1.29 is 4.52 Å². The fourth-order valence-corrected chi connectivity index (χ4v) is 3.69. The molecule has 4 aromatic rings. The van der Waals surface area contributed by atoms with Crippen LogP contribution in [0.1, 0.15) is 30.1 Å². The zero-order chi connectivity index (χ0) is 17.5. The van der Waals surface area contributed by atoms with Crippen molar-refractivity contribution >= 4 is 10.9 Å². The molecule has 6 nitrogen and oxygen atoms in total. The highest BCUT2D eigenvalue weighted by Gasteiger charge is 2.27. The molecule has 1 unspecified atom stereocenters. The van der Waals surface area contributed by atoms with Crippen LogP contribution in [0.2, 0.25) is 0 Å². The lowest BCUT2D eigenvalue weighted by Gasteiger charge is -2.30. The Bertz CT molecular complexity index is 1050. The van der Waals surface area contributed by atoms with Crippen molar-refractivity contribution in [2.45, 2.75) is 25.9 Å². The number of pyridine rings is 1. The second-order valence-corrected chi connectivity index (χ2v) is 6.72. The largest absolute Gasteiger partial charge is 0.358 e. The van der Waals surface area contributed by atoms with Gasteiger partial charge in [-0.3, -0.25) is 9.88 Å². The Morgan fingerprint density at radius 2 is 2.12 bits per heavy atom. The maximum Gasteiger partial charge on any atom is 0.244 e. The van der Waals surface area contributed by atoms with Gasteiger partial charge in [-0.1, -0.05) is 23.4 Å². The number of benzene rings is 1. The number of H-pyrrole nitrogens is 1. The Kier molecular flexibility index (Phi) is 3.57. The maximum atomic E-state index is 5.55. The number of hydrogen-bond acceptors (Lipinski definition) is 5. The third-order valence-electron chi connectivity index (χ3n) is 5.18. The summed E-state index contributed by atoms with van der Waals surface area (Å²) in [5, 5.41) is 5.43. The van der Waals surface area contributed by atoms with E-state index in [1.165, 1.54) is 22.2 Å². The monoisotopic (exact) mass is 345 g/mol. The number of fused-ring (bicyclic) bond motifs is 3. The van der Waals surface area contributed by atoms with Crippen molar-refractivity contribution in [3.63, 3.8) is 0 Å². The smallest absolute Gasteiger partial charge is 0.244 e. The van der Waals surface area contributed by atoms with Gasteiger partial charge in [0.05, 0.1) is 6.04 Å². The molecule has 130 valence electrons. The van der Waals surface area contributed by atoms with Crippen molar-refractivity contribution in [2.24, 2.45) is 0 Å². The number of aromatic nitrogens is 4. The molecule has 1 aromatic carbocycles. The third-order valence-corrected chi connectivity index (χ3v) is 5.18. The summed E-state index contributed by atoms with van der Waals surface area (Å²) in [5.41, 5.74) is 4.80. The molecule has 26 heavy (non-hydrogen) atoms. The van der Waals surface area contributed by atoms with E-state index in [4.69, 9.17) is 4.52 Å². The van der Waals surface area contributed by atoms with E-state index in [0.717, 1.165) is 25.1 Å². The molecule has 5 rings (SSSR count). The Hall–Kier alpha value is -2.99. The zero-order valence-corrected chi connectivity index (χ0v) is 14.5. The van der Waals surface area contributed by atoms with Crippen LogP contribution in [0.15, 0.2) is 53.3 Å². The zero-order valence-electron chi connectivity index (χ0n) is 14.5. The van der Waals surface area contributed by atoms with Crippen LogP contribution >= 0.6 is 0 Å². The summed E-state index contributed by atoms with van der Waals surface area (Å²) < 4.78 is 5.55. The van der Waals surface area contributed by atoms with Crippen molar-refractivity contribution in [2.75, 3.05) is 6.54 Å². The van der Waals surface area contributed by atoms with Gasteiger partial charge >= 0.3 is 0 Å². The van der Waals surface area contributed by atoms with Gasteiger partial charge < -0.3 is 9.51 Å². The van der Waals surface area contributed by atoms with Gasteiger partial charge in [-0.05, 0) is 30.7 Å². The van der Waals surface area contributed by atoms with Crippen LogP contribution in [0, 0.1) is 0 Å². The molecule has 3 aromatic heterocycles. The summed E-state index contributed by atoms with van der Waals surface area (Å²) in [6.45, 7) is 3.97. The molecule has 1 N–H and O–H groups in total. The van der Waals surface area contributed by atoms with Gasteiger partial charge in [0.25, 0.3) is 0 Å². The molecular formula is C20H19N5O. The van der Waals surface area contributed by atoms with E-state index in [-0.39, 0.29) is 6.04 Å². The molecule has 1 atom stereocenters. The van der Waals surface area contributed by atoms with Gasteiger partial charge in [0, 0.05) is 54.1 Å². The highest BCUT2D eigenvalue weighted by molar-refractivity contribution is 5.84. The van der Waals surface area contributed by atoms with Gasteiger partial charge in [0.1, 0.15) is 0 Å². The van der Waals surface area contributed by atoms with Gasteiger partial charge in [-0.15, -0.1) is 0 Å². The van der Waals surface area contributed by atoms with Gasteiger partial charge in [-0.25, -0.2) is 0 Å². The van der Waals surface area contributed by atoms with Crippen LogP contribution in [0.4, 0.5) is 0 Å². The summed E-state index contributed by atoms with van der Waals surface area (Å²) in [5.74, 6) is 1.23. The quantitative estimate of drug-likeness (QED) is 0.612. The first-order chi connectivity index (χ1) is 12.8. The first-order valence-corrected chi connectivity index (χ1v) is 8.86. The highest BCUT2D eigenvalue weighted by Crippen LogP contribution is 2.32. The lowest BCUT2D eigenvalue weighted by atomic mass is 10.0. The minimum Gasteiger partial charge on any atom is -0.358 e. The topological polar surface area (TPSA) is 70.8 Å². The van der Waals surface area contributed by atoms with Crippen molar-refractivity contribution in [3.05, 3.63) is 65.9 Å². The van der Waals surface area contributed by atoms with Crippen LogP contribution in [-0.4, -0.2) is 31.6 Å². The van der Waals surface area contributed by atoms with E-state index in [9.17, 15) is 0 Å². The minimum absolute atomic E-state index is 0.0646. The van der Waals surface area contributed by atoms with E-state index < -0.39 is 0 Å². The number of nitrogens with one attached hydrogen (secondary N) is 1. The van der Waals surface area contributed by atoms with Crippen LogP contribution in [0.25, 0.3) is 22.3 Å². The summed E-state index contributed by atoms with van der Waals surface area (Å²) in [4.78, 5) is 14.7. The summed E-state index contributed by atoms with van der Waals surface area (Å²) in [6, 6.07) is 12.4. The number of nitrogens with zero attached hydrogens (tertiary/aromatic N) is 4. The van der Waals surface area contributed by atoms with E-state index in [1.54, 1.807) is 12.4 Å². The molecule has 0 saturated heterocycles. The standard InChI is InChI=1S/C20H19N5O/c1-13(20-23-19(24-26-20)14-5-4-9-21-11-14)25-10-8-18-16(12-25)15-6-2-3-7-17(15)22-18/h2-7,9,11,13,22H,8,10,12H2,1H3. The molecule has 0 aliphatic carbocycles. The van der Waals surface area contributed by atoms with Crippen LogP contribution in [0.5, 0.6) is 0 Å². The van der Waals surface area contributed by atoms with Crippen molar-refractivity contribution in [1.82, 2.24) is 25.0 Å². The molecule has 0 bridgehead atoms. The third kappa shape index (κ3) is 2.50. The van der Waals surface area contributed by atoms with E-state index in [0.29, 0.717) is 11.7 Å². The molecule has 0 saturated carbocycles. The predicted octanol–water partition coefficient (Wildman–Crippen LogP) is 3.73. The lowest BCUT2D eigenvalue weighted by molar-refractivity contribution is 0.158. The second kappa shape index (κ2) is 6.07. The van der Waals surface area contributed by atoms with Gasteiger partial charge in [-0.2, -0.15) is 4.98 Å². The van der Waals surface area contributed by atoms with Gasteiger partial charge in [0.15, 0.2) is 0 Å². The first kappa shape index (κ1) is 15.3. The average molecular weight is 345 g/mol. The first-order valence-electron chi connectivity index (χ1n) is 8.86. The predicted molar refractivity (Wildman–Crippen MR) is 98.4 cm³/mol.